The van der Waals surface area contributed by atoms with Gasteiger partial charge in [0.25, 0.3) is 0 Å². The average molecular weight is 250 g/mol. The maximum Gasteiger partial charge on any atom is 0.0452 e. The van der Waals surface area contributed by atoms with E-state index in [1.807, 2.05) is 17.8 Å². The summed E-state index contributed by atoms with van der Waals surface area (Å²) in [5, 5.41) is 3.47. The van der Waals surface area contributed by atoms with E-state index in [4.69, 9.17) is 5.73 Å². The highest BCUT2D eigenvalue weighted by molar-refractivity contribution is 7.99. The molecule has 1 atom stereocenters. The van der Waals surface area contributed by atoms with Crippen LogP contribution in [0.2, 0.25) is 0 Å². The van der Waals surface area contributed by atoms with Crippen LogP contribution in [0.5, 0.6) is 0 Å². The Morgan fingerprint density at radius 3 is 3.12 bits per heavy atom. The first kappa shape index (κ1) is 12.8. The number of nitrogens with two attached hydrogens (primary N) is 1. The molecule has 1 unspecified atom stereocenters. The highest BCUT2D eigenvalue weighted by Crippen LogP contribution is 2.28. The van der Waals surface area contributed by atoms with Crippen LogP contribution in [0.15, 0.2) is 23.1 Å². The highest BCUT2D eigenvalue weighted by atomic mass is 32.2. The fraction of sp³-hybridized carbons (Fsp3) is 0.571. The second kappa shape index (κ2) is 6.31. The van der Waals surface area contributed by atoms with Gasteiger partial charge in [0, 0.05) is 10.6 Å². The lowest BCUT2D eigenvalue weighted by Gasteiger charge is -2.22. The molecule has 17 heavy (non-hydrogen) atoms. The van der Waals surface area contributed by atoms with Crippen molar-refractivity contribution >= 4 is 17.4 Å². The van der Waals surface area contributed by atoms with Crippen LogP contribution in [0, 0.1) is 12.8 Å². The summed E-state index contributed by atoms with van der Waals surface area (Å²) in [6, 6.07) is 6.28. The molecule has 0 amide bonds. The lowest BCUT2D eigenvalue weighted by molar-refractivity contribution is 0.371. The quantitative estimate of drug-likeness (QED) is 0.637. The molecule has 1 heterocycles. The Bertz CT molecular complexity index is 359. The molecule has 1 aliphatic rings. The van der Waals surface area contributed by atoms with Gasteiger partial charge in [0.2, 0.25) is 0 Å². The largest absolute Gasteiger partial charge is 0.398 e. The third-order valence-corrected chi connectivity index (χ3v) is 4.46. The van der Waals surface area contributed by atoms with E-state index < -0.39 is 0 Å². The van der Waals surface area contributed by atoms with Crippen molar-refractivity contribution in [1.29, 1.82) is 0 Å². The van der Waals surface area contributed by atoms with Crippen molar-refractivity contribution in [1.82, 2.24) is 5.32 Å². The van der Waals surface area contributed by atoms with Crippen LogP contribution in [-0.2, 0) is 0 Å². The minimum Gasteiger partial charge on any atom is -0.398 e. The Morgan fingerprint density at radius 1 is 1.47 bits per heavy atom. The molecule has 2 rings (SSSR count). The molecule has 3 N–H and O–H groups in total. The SMILES string of the molecule is Cc1ccc(N)c(SCCC2CCCNC2)c1. The van der Waals surface area contributed by atoms with Gasteiger partial charge in [0.1, 0.15) is 0 Å². The van der Waals surface area contributed by atoms with E-state index in [-0.39, 0.29) is 0 Å². The number of aryl methyl sites for hydroxylation is 1. The molecule has 1 aliphatic heterocycles. The number of rotatable bonds is 4. The Morgan fingerprint density at radius 2 is 2.35 bits per heavy atom. The van der Waals surface area contributed by atoms with E-state index in [2.05, 4.69) is 24.4 Å². The first-order valence-electron chi connectivity index (χ1n) is 6.45. The van der Waals surface area contributed by atoms with E-state index in [0.717, 1.165) is 11.6 Å². The zero-order valence-electron chi connectivity index (χ0n) is 10.5. The van der Waals surface area contributed by atoms with Gasteiger partial charge in [-0.05, 0) is 68.6 Å². The van der Waals surface area contributed by atoms with Crippen molar-refractivity contribution in [2.75, 3.05) is 24.6 Å². The molecular weight excluding hydrogens is 228 g/mol. The highest BCUT2D eigenvalue weighted by Gasteiger charge is 2.12. The number of thioether (sulfide) groups is 1. The summed E-state index contributed by atoms with van der Waals surface area (Å²) in [4.78, 5) is 1.24. The zero-order chi connectivity index (χ0) is 12.1. The fourth-order valence-electron chi connectivity index (χ4n) is 2.27. The lowest BCUT2D eigenvalue weighted by atomic mass is 9.97. The standard InChI is InChI=1S/C14H22N2S/c1-11-4-5-13(15)14(9-11)17-8-6-12-3-2-7-16-10-12/h4-5,9,12,16H,2-3,6-8,10,15H2,1H3. The van der Waals surface area contributed by atoms with Gasteiger partial charge in [-0.1, -0.05) is 6.07 Å². The molecule has 0 aliphatic carbocycles. The van der Waals surface area contributed by atoms with Crippen LogP contribution in [0.25, 0.3) is 0 Å². The zero-order valence-corrected chi connectivity index (χ0v) is 11.4. The Hall–Kier alpha value is -0.670. The topological polar surface area (TPSA) is 38.0 Å². The third kappa shape index (κ3) is 3.93. The predicted octanol–water partition coefficient (Wildman–Crippen LogP) is 3.06. The van der Waals surface area contributed by atoms with E-state index in [1.165, 1.54) is 48.6 Å². The van der Waals surface area contributed by atoms with Gasteiger partial charge in [-0.3, -0.25) is 0 Å². The van der Waals surface area contributed by atoms with E-state index in [1.54, 1.807) is 0 Å². The monoisotopic (exact) mass is 250 g/mol. The molecule has 0 radical (unpaired) electrons. The summed E-state index contributed by atoms with van der Waals surface area (Å²) in [5.74, 6) is 2.04. The smallest absolute Gasteiger partial charge is 0.0452 e. The maximum atomic E-state index is 5.98. The Balaban J connectivity index is 1.79. The van der Waals surface area contributed by atoms with Gasteiger partial charge in [0.05, 0.1) is 0 Å². The van der Waals surface area contributed by atoms with Crippen LogP contribution >= 0.6 is 11.8 Å². The summed E-state index contributed by atoms with van der Waals surface area (Å²) in [6.45, 7) is 4.52. The molecule has 0 spiro atoms. The van der Waals surface area contributed by atoms with Crippen molar-refractivity contribution in [2.24, 2.45) is 5.92 Å². The molecule has 94 valence electrons. The van der Waals surface area contributed by atoms with Gasteiger partial charge >= 0.3 is 0 Å². The van der Waals surface area contributed by atoms with E-state index >= 15 is 0 Å². The van der Waals surface area contributed by atoms with Crippen molar-refractivity contribution in [3.8, 4) is 0 Å². The summed E-state index contributed by atoms with van der Waals surface area (Å²) in [6.07, 6.45) is 4.02. The van der Waals surface area contributed by atoms with Gasteiger partial charge in [-0.25, -0.2) is 0 Å². The summed E-state index contributed by atoms with van der Waals surface area (Å²) < 4.78 is 0. The average Bonchev–Trinajstić information content (AvgIpc) is 2.35. The predicted molar refractivity (Wildman–Crippen MR) is 76.5 cm³/mol. The van der Waals surface area contributed by atoms with Gasteiger partial charge < -0.3 is 11.1 Å². The summed E-state index contributed by atoms with van der Waals surface area (Å²) in [5.41, 5.74) is 8.19. The Kier molecular flexibility index (Phi) is 4.75. The fourth-order valence-corrected chi connectivity index (χ4v) is 3.45. The number of hydrogen-bond acceptors (Lipinski definition) is 3. The number of hydrogen-bond donors (Lipinski definition) is 2. The number of benzene rings is 1. The molecule has 3 heteroatoms. The molecule has 1 aromatic carbocycles. The first-order valence-corrected chi connectivity index (χ1v) is 7.44. The van der Waals surface area contributed by atoms with Gasteiger partial charge in [0.15, 0.2) is 0 Å². The van der Waals surface area contributed by atoms with Crippen molar-refractivity contribution in [3.63, 3.8) is 0 Å². The minimum absolute atomic E-state index is 0.863. The van der Waals surface area contributed by atoms with Crippen LogP contribution in [0.3, 0.4) is 0 Å². The Labute approximate surface area is 108 Å². The number of anilines is 1. The molecule has 1 aromatic rings. The van der Waals surface area contributed by atoms with Crippen molar-refractivity contribution in [2.45, 2.75) is 31.1 Å². The van der Waals surface area contributed by atoms with Crippen LogP contribution in [-0.4, -0.2) is 18.8 Å². The molecule has 1 saturated heterocycles. The minimum atomic E-state index is 0.863. The number of nitrogen functional groups attached to an aromatic ring is 1. The molecule has 2 nitrogen and oxygen atoms in total. The van der Waals surface area contributed by atoms with Crippen molar-refractivity contribution < 1.29 is 0 Å². The number of piperidine rings is 1. The normalized spacial score (nSPS) is 20.4. The van der Waals surface area contributed by atoms with Gasteiger partial charge in [-0.2, -0.15) is 0 Å². The molecule has 0 aromatic heterocycles. The molecular formula is C14H22N2S. The number of nitrogens with one attached hydrogen (secondary N) is 1. The lowest BCUT2D eigenvalue weighted by Crippen LogP contribution is -2.29. The molecule has 0 saturated carbocycles. The van der Waals surface area contributed by atoms with Crippen molar-refractivity contribution in [3.05, 3.63) is 23.8 Å². The summed E-state index contributed by atoms with van der Waals surface area (Å²) >= 11 is 1.90. The second-order valence-electron chi connectivity index (χ2n) is 4.89. The van der Waals surface area contributed by atoms with Gasteiger partial charge in [-0.15, -0.1) is 11.8 Å². The third-order valence-electron chi connectivity index (χ3n) is 3.35. The van der Waals surface area contributed by atoms with Crippen LogP contribution in [0.4, 0.5) is 5.69 Å². The molecule has 1 fully saturated rings. The second-order valence-corrected chi connectivity index (χ2v) is 6.03. The van der Waals surface area contributed by atoms with E-state index in [0.29, 0.717) is 0 Å². The summed E-state index contributed by atoms with van der Waals surface area (Å²) in [7, 11) is 0. The van der Waals surface area contributed by atoms with Crippen LogP contribution in [0.1, 0.15) is 24.8 Å². The molecule has 0 bridgehead atoms. The van der Waals surface area contributed by atoms with E-state index in [9.17, 15) is 0 Å². The van der Waals surface area contributed by atoms with Crippen LogP contribution < -0.4 is 11.1 Å². The first-order chi connectivity index (χ1) is 8.25. The maximum absolute atomic E-state index is 5.98.